The summed E-state index contributed by atoms with van der Waals surface area (Å²) in [6, 6.07) is 13.0. The second-order valence-electron chi connectivity index (χ2n) is 8.15. The number of fused-ring (bicyclic) bond motifs is 3. The van der Waals surface area contributed by atoms with E-state index in [1.165, 1.54) is 24.5 Å². The number of pyridine rings is 1. The van der Waals surface area contributed by atoms with E-state index in [2.05, 4.69) is 22.3 Å². The topological polar surface area (TPSA) is 103 Å². The highest BCUT2D eigenvalue weighted by atomic mass is 35.5. The van der Waals surface area contributed by atoms with Gasteiger partial charge in [0.25, 0.3) is 11.8 Å². The van der Waals surface area contributed by atoms with E-state index in [9.17, 15) is 14.0 Å². The number of halogens is 2. The average Bonchev–Trinajstić information content (AvgIpc) is 3.19. The zero-order chi connectivity index (χ0) is 24.0. The summed E-state index contributed by atoms with van der Waals surface area (Å²) >= 11 is 6.11. The van der Waals surface area contributed by atoms with Gasteiger partial charge in [0, 0.05) is 29.2 Å². The molecule has 5 rings (SSSR count). The summed E-state index contributed by atoms with van der Waals surface area (Å²) in [6.45, 7) is 2.05. The third-order valence-electron chi connectivity index (χ3n) is 5.91. The summed E-state index contributed by atoms with van der Waals surface area (Å²) in [5.74, 6) is -1.30. The van der Waals surface area contributed by atoms with Crippen molar-refractivity contribution in [2.45, 2.75) is 19.3 Å². The predicted molar refractivity (Wildman–Crippen MR) is 127 cm³/mol. The molecule has 4 aromatic rings. The summed E-state index contributed by atoms with van der Waals surface area (Å²) in [7, 11) is 0. The first-order valence-corrected chi connectivity index (χ1v) is 10.9. The normalized spacial score (nSPS) is 14.3. The second-order valence-corrected chi connectivity index (χ2v) is 8.55. The molecule has 2 aromatic carbocycles. The fourth-order valence-corrected chi connectivity index (χ4v) is 4.54. The van der Waals surface area contributed by atoms with Crippen LogP contribution in [0.25, 0.3) is 16.9 Å². The monoisotopic (exact) mass is 475 g/mol. The van der Waals surface area contributed by atoms with Gasteiger partial charge in [-0.05, 0) is 60.4 Å². The summed E-state index contributed by atoms with van der Waals surface area (Å²) in [4.78, 5) is 28.9. The molecule has 1 aliphatic carbocycles. The number of anilines is 1. The van der Waals surface area contributed by atoms with Gasteiger partial charge in [0.2, 0.25) is 0 Å². The number of amides is 2. The highest BCUT2D eigenvalue weighted by Crippen LogP contribution is 2.43. The first kappa shape index (κ1) is 21.8. The molecule has 170 valence electrons. The van der Waals surface area contributed by atoms with Crippen molar-refractivity contribution in [1.29, 1.82) is 0 Å². The van der Waals surface area contributed by atoms with Crippen LogP contribution >= 0.6 is 11.6 Å². The Morgan fingerprint density at radius 3 is 2.65 bits per heavy atom. The number of hydrogen-bond acceptors (Lipinski definition) is 4. The first-order valence-electron chi connectivity index (χ1n) is 10.6. The first-order chi connectivity index (χ1) is 16.3. The maximum absolute atomic E-state index is 13.6. The zero-order valence-electron chi connectivity index (χ0n) is 18.0. The molecule has 1 aliphatic rings. The Labute approximate surface area is 199 Å². The van der Waals surface area contributed by atoms with Crippen LogP contribution in [0.4, 0.5) is 10.1 Å². The van der Waals surface area contributed by atoms with Gasteiger partial charge >= 0.3 is 0 Å². The number of aromatic nitrogens is 3. The lowest BCUT2D eigenvalue weighted by atomic mass is 9.81. The van der Waals surface area contributed by atoms with Crippen molar-refractivity contribution in [2.24, 2.45) is 5.73 Å². The van der Waals surface area contributed by atoms with Crippen LogP contribution in [0.1, 0.15) is 44.8 Å². The average molecular weight is 476 g/mol. The van der Waals surface area contributed by atoms with Crippen molar-refractivity contribution in [1.82, 2.24) is 14.8 Å². The number of carbonyl (C=O) groups excluding carboxylic acids is 2. The Bertz CT molecular complexity index is 1450. The SMILES string of the molecule is CC1Cc2c(C(N)=O)nn(-c3ccc(F)cc3)c2-c2cc(NC(=O)c3ccncc3Cl)ccc21. The molecule has 2 heterocycles. The minimum atomic E-state index is -0.635. The van der Waals surface area contributed by atoms with Gasteiger partial charge in [0.05, 0.1) is 22.0 Å². The van der Waals surface area contributed by atoms with Gasteiger partial charge in [0.1, 0.15) is 5.82 Å². The van der Waals surface area contributed by atoms with Gasteiger partial charge < -0.3 is 11.1 Å². The van der Waals surface area contributed by atoms with Crippen LogP contribution in [0.2, 0.25) is 5.02 Å². The lowest BCUT2D eigenvalue weighted by Gasteiger charge is -2.25. The number of primary amides is 1. The number of rotatable bonds is 4. The Hall–Kier alpha value is -4.04. The fraction of sp³-hybridized carbons (Fsp3) is 0.120. The fourth-order valence-electron chi connectivity index (χ4n) is 4.33. The standard InChI is InChI=1S/C25H19ClFN5O2/c1-13-10-20-22(24(28)33)31-32(16-5-2-14(27)3-6-16)23(20)19-11-15(4-7-17(13)19)30-25(34)18-8-9-29-12-21(18)26/h2-9,11-13H,10H2,1H3,(H2,28,33)(H,30,34). The van der Waals surface area contributed by atoms with E-state index >= 15 is 0 Å². The molecule has 0 radical (unpaired) electrons. The summed E-state index contributed by atoms with van der Waals surface area (Å²) in [5.41, 5.74) is 10.5. The third kappa shape index (κ3) is 3.72. The lowest BCUT2D eigenvalue weighted by molar-refractivity contribution is 0.0992. The largest absolute Gasteiger partial charge is 0.364 e. The number of carbonyl (C=O) groups is 2. The Morgan fingerprint density at radius 1 is 1.18 bits per heavy atom. The molecule has 0 aliphatic heterocycles. The molecule has 2 amide bonds. The van der Waals surface area contributed by atoms with Crippen molar-refractivity contribution >= 4 is 29.1 Å². The molecule has 1 atom stereocenters. The second kappa shape index (κ2) is 8.39. The van der Waals surface area contributed by atoms with Crippen LogP contribution in [-0.2, 0) is 6.42 Å². The van der Waals surface area contributed by atoms with E-state index in [0.717, 1.165) is 16.7 Å². The van der Waals surface area contributed by atoms with Gasteiger partial charge in [-0.25, -0.2) is 9.07 Å². The van der Waals surface area contributed by atoms with Gasteiger partial charge in [0.15, 0.2) is 5.69 Å². The Morgan fingerprint density at radius 2 is 1.94 bits per heavy atom. The molecule has 0 saturated heterocycles. The predicted octanol–water partition coefficient (Wildman–Crippen LogP) is 4.74. The van der Waals surface area contributed by atoms with Crippen LogP contribution in [0.3, 0.4) is 0 Å². The molecule has 9 heteroatoms. The maximum Gasteiger partial charge on any atom is 0.269 e. The van der Waals surface area contributed by atoms with E-state index in [4.69, 9.17) is 17.3 Å². The third-order valence-corrected chi connectivity index (χ3v) is 6.21. The van der Waals surface area contributed by atoms with Gasteiger partial charge in [-0.2, -0.15) is 5.10 Å². The van der Waals surface area contributed by atoms with E-state index < -0.39 is 5.91 Å². The van der Waals surface area contributed by atoms with Crippen LogP contribution < -0.4 is 11.1 Å². The molecule has 3 N–H and O–H groups in total. The lowest BCUT2D eigenvalue weighted by Crippen LogP contribution is -2.17. The zero-order valence-corrected chi connectivity index (χ0v) is 18.8. The molecule has 0 saturated carbocycles. The van der Waals surface area contributed by atoms with Crippen molar-refractivity contribution in [3.63, 3.8) is 0 Å². The minimum Gasteiger partial charge on any atom is -0.364 e. The van der Waals surface area contributed by atoms with Crippen LogP contribution in [0.5, 0.6) is 0 Å². The Balaban J connectivity index is 1.64. The summed E-state index contributed by atoms with van der Waals surface area (Å²) in [6.07, 6.45) is 3.47. The van der Waals surface area contributed by atoms with Gasteiger partial charge in [-0.15, -0.1) is 0 Å². The number of benzene rings is 2. The van der Waals surface area contributed by atoms with Crippen molar-refractivity contribution in [2.75, 3.05) is 5.32 Å². The van der Waals surface area contributed by atoms with Crippen molar-refractivity contribution in [3.05, 3.63) is 94.1 Å². The molecule has 34 heavy (non-hydrogen) atoms. The van der Waals surface area contributed by atoms with E-state index in [-0.39, 0.29) is 28.4 Å². The molecule has 1 unspecified atom stereocenters. The number of nitrogens with one attached hydrogen (secondary N) is 1. The van der Waals surface area contributed by atoms with Crippen LogP contribution in [0.15, 0.2) is 60.9 Å². The molecule has 0 fully saturated rings. The summed E-state index contributed by atoms with van der Waals surface area (Å²) in [5, 5.41) is 7.60. The van der Waals surface area contributed by atoms with E-state index in [0.29, 0.717) is 29.1 Å². The molecule has 0 bridgehead atoms. The molecular formula is C25H19ClFN5O2. The number of nitrogens with two attached hydrogens (primary N) is 1. The summed E-state index contributed by atoms with van der Waals surface area (Å²) < 4.78 is 15.2. The molecule has 7 nitrogen and oxygen atoms in total. The molecule has 0 spiro atoms. The highest BCUT2D eigenvalue weighted by molar-refractivity contribution is 6.34. The minimum absolute atomic E-state index is 0.0888. The smallest absolute Gasteiger partial charge is 0.269 e. The highest BCUT2D eigenvalue weighted by Gasteiger charge is 2.31. The van der Waals surface area contributed by atoms with Crippen molar-refractivity contribution < 1.29 is 14.0 Å². The van der Waals surface area contributed by atoms with Crippen LogP contribution in [0, 0.1) is 5.82 Å². The number of hydrogen-bond donors (Lipinski definition) is 2. The molecule has 2 aromatic heterocycles. The Kier molecular flexibility index (Phi) is 5.37. The van der Waals surface area contributed by atoms with Gasteiger partial charge in [-0.1, -0.05) is 24.6 Å². The van der Waals surface area contributed by atoms with Gasteiger partial charge in [-0.3, -0.25) is 14.6 Å². The van der Waals surface area contributed by atoms with E-state index in [1.54, 1.807) is 22.9 Å². The van der Waals surface area contributed by atoms with Crippen molar-refractivity contribution in [3.8, 4) is 16.9 Å². The van der Waals surface area contributed by atoms with E-state index in [1.807, 2.05) is 18.2 Å². The maximum atomic E-state index is 13.6. The quantitative estimate of drug-likeness (QED) is 0.445. The molecular weight excluding hydrogens is 457 g/mol. The van der Waals surface area contributed by atoms with Crippen LogP contribution in [-0.4, -0.2) is 26.6 Å². The number of nitrogens with zero attached hydrogens (tertiary/aromatic N) is 3.